The third-order valence-corrected chi connectivity index (χ3v) is 9.75. The van der Waals surface area contributed by atoms with Gasteiger partial charge in [0.2, 0.25) is 0 Å². The summed E-state index contributed by atoms with van der Waals surface area (Å²) in [4.78, 5) is 12.6. The van der Waals surface area contributed by atoms with E-state index in [1.807, 2.05) is 0 Å². The predicted molar refractivity (Wildman–Crippen MR) is 131 cm³/mol. The molecule has 1 N–H and O–H groups in total. The second-order valence-corrected chi connectivity index (χ2v) is 12.4. The monoisotopic (exact) mass is 430 g/mol. The Bertz CT molecular complexity index is 649. The molecule has 0 radical (unpaired) electrons. The number of hydrogen-bond donors (Lipinski definition) is 1. The van der Waals surface area contributed by atoms with Gasteiger partial charge in [-0.15, -0.1) is 0 Å². The van der Waals surface area contributed by atoms with Gasteiger partial charge in [-0.3, -0.25) is 4.79 Å². The second-order valence-electron chi connectivity index (χ2n) is 12.4. The Balaban J connectivity index is 0.000000858. The number of carbonyl (C=O) groups excluding carboxylic acids is 1. The van der Waals surface area contributed by atoms with Crippen molar-refractivity contribution >= 4 is 5.78 Å². The minimum atomic E-state index is -0.113. The van der Waals surface area contributed by atoms with Crippen LogP contribution in [0.2, 0.25) is 0 Å². The molecule has 0 aromatic heterocycles. The summed E-state index contributed by atoms with van der Waals surface area (Å²) in [5.74, 6) is 4.16. The van der Waals surface area contributed by atoms with E-state index >= 15 is 0 Å². The highest BCUT2D eigenvalue weighted by atomic mass is 16.3. The Morgan fingerprint density at radius 3 is 2.48 bits per heavy atom. The average Bonchev–Trinajstić information content (AvgIpc) is 3.04. The molecule has 178 valence electrons. The summed E-state index contributed by atoms with van der Waals surface area (Å²) in [6.45, 7) is 13.7. The van der Waals surface area contributed by atoms with Gasteiger partial charge in [0.25, 0.3) is 0 Å². The first-order chi connectivity index (χ1) is 14.7. The Morgan fingerprint density at radius 2 is 1.81 bits per heavy atom. The molecule has 4 aliphatic rings. The van der Waals surface area contributed by atoms with Crippen molar-refractivity contribution in [2.45, 2.75) is 125 Å². The lowest BCUT2D eigenvalue weighted by atomic mass is 9.47. The van der Waals surface area contributed by atoms with Gasteiger partial charge in [-0.1, -0.05) is 59.6 Å². The summed E-state index contributed by atoms with van der Waals surface area (Å²) in [5.41, 5.74) is 2.27. The fraction of sp³-hybridized carbons (Fsp3) is 0.897. The molecule has 0 aromatic carbocycles. The average molecular weight is 431 g/mol. The topological polar surface area (TPSA) is 37.3 Å². The van der Waals surface area contributed by atoms with E-state index in [1.165, 1.54) is 44.9 Å². The molecule has 2 heteroatoms. The van der Waals surface area contributed by atoms with Crippen molar-refractivity contribution in [2.24, 2.45) is 40.4 Å². The van der Waals surface area contributed by atoms with E-state index in [0.717, 1.165) is 49.9 Å². The van der Waals surface area contributed by atoms with E-state index in [-0.39, 0.29) is 6.10 Å². The highest BCUT2D eigenvalue weighted by molar-refractivity contribution is 5.78. The number of ketones is 1. The molecular weight excluding hydrogens is 380 g/mol. The number of allylic oxidation sites excluding steroid dienone is 1. The van der Waals surface area contributed by atoms with Crippen LogP contribution in [-0.2, 0) is 4.79 Å². The second kappa shape index (κ2) is 10.1. The molecule has 0 saturated heterocycles. The summed E-state index contributed by atoms with van der Waals surface area (Å²) < 4.78 is 0. The van der Waals surface area contributed by atoms with Crippen LogP contribution in [0.3, 0.4) is 0 Å². The number of Topliss-reactive ketones (excluding diaryl/α,β-unsaturated/α-hetero) is 1. The number of hydrogen-bond acceptors (Lipinski definition) is 2. The van der Waals surface area contributed by atoms with Gasteiger partial charge in [0.1, 0.15) is 5.78 Å². The number of aliphatic hydroxyl groups is 1. The van der Waals surface area contributed by atoms with Gasteiger partial charge in [-0.2, -0.15) is 0 Å². The van der Waals surface area contributed by atoms with Crippen LogP contribution in [0.15, 0.2) is 11.6 Å². The molecule has 6 unspecified atom stereocenters. The lowest BCUT2D eigenvalue weighted by Crippen LogP contribution is -2.50. The zero-order valence-electron chi connectivity index (χ0n) is 21.4. The number of carbonyl (C=O) groups is 1. The first-order valence-corrected chi connectivity index (χ1v) is 13.5. The van der Waals surface area contributed by atoms with Gasteiger partial charge in [-0.05, 0) is 98.2 Å². The van der Waals surface area contributed by atoms with Crippen molar-refractivity contribution in [3.63, 3.8) is 0 Å². The number of rotatable bonds is 5. The molecule has 0 aliphatic heterocycles. The quantitative estimate of drug-likeness (QED) is 0.453. The van der Waals surface area contributed by atoms with Crippen molar-refractivity contribution in [1.82, 2.24) is 0 Å². The van der Waals surface area contributed by atoms with Gasteiger partial charge in [-0.25, -0.2) is 0 Å². The standard InChI is InChI=1S/C26H42O2.C3H8/c1-17(2)5-8-20(27)15-19-7-10-23-22-9-6-18-16-21(28)11-13-25(18,3)24(22)12-14-26(19,23)4;1-3-2/h6,17,19,21-24,28H,5,7-16H2,1-4H3;3H2,1-2H3/t19-,21?,22?,23?,24?,25?,26?;/m1./s1. The number of aliphatic hydroxyl groups excluding tert-OH is 1. The van der Waals surface area contributed by atoms with Gasteiger partial charge in [0.05, 0.1) is 6.10 Å². The molecule has 0 spiro atoms. The summed E-state index contributed by atoms with van der Waals surface area (Å²) in [5, 5.41) is 10.2. The van der Waals surface area contributed by atoms with Gasteiger partial charge in [0.15, 0.2) is 0 Å². The minimum absolute atomic E-state index is 0.113. The van der Waals surface area contributed by atoms with Crippen LogP contribution in [0.1, 0.15) is 119 Å². The van der Waals surface area contributed by atoms with Gasteiger partial charge in [0, 0.05) is 12.8 Å². The molecule has 3 saturated carbocycles. The molecule has 4 rings (SSSR count). The third-order valence-electron chi connectivity index (χ3n) is 9.75. The molecule has 7 atom stereocenters. The zero-order chi connectivity index (χ0) is 22.8. The summed E-state index contributed by atoms with van der Waals surface area (Å²) >= 11 is 0. The van der Waals surface area contributed by atoms with E-state index in [4.69, 9.17) is 0 Å². The third kappa shape index (κ3) is 4.99. The van der Waals surface area contributed by atoms with Crippen molar-refractivity contribution < 1.29 is 9.90 Å². The lowest BCUT2D eigenvalue weighted by Gasteiger charge is -2.58. The fourth-order valence-electron chi connectivity index (χ4n) is 7.91. The van der Waals surface area contributed by atoms with Crippen LogP contribution in [-0.4, -0.2) is 17.0 Å². The summed E-state index contributed by atoms with van der Waals surface area (Å²) in [7, 11) is 0. The first-order valence-electron chi connectivity index (χ1n) is 13.5. The molecule has 4 aliphatic carbocycles. The van der Waals surface area contributed by atoms with Crippen molar-refractivity contribution in [3.8, 4) is 0 Å². The van der Waals surface area contributed by atoms with Crippen LogP contribution in [0.4, 0.5) is 0 Å². The molecule has 0 bridgehead atoms. The molecule has 0 aromatic rings. The Kier molecular flexibility index (Phi) is 8.15. The minimum Gasteiger partial charge on any atom is -0.393 e. The van der Waals surface area contributed by atoms with E-state index in [9.17, 15) is 9.90 Å². The smallest absolute Gasteiger partial charge is 0.133 e. The van der Waals surface area contributed by atoms with E-state index < -0.39 is 0 Å². The van der Waals surface area contributed by atoms with Crippen LogP contribution < -0.4 is 0 Å². The number of fused-ring (bicyclic) bond motifs is 5. The van der Waals surface area contributed by atoms with Crippen LogP contribution in [0.25, 0.3) is 0 Å². The normalized spacial score (nSPS) is 41.4. The van der Waals surface area contributed by atoms with Gasteiger partial charge >= 0.3 is 0 Å². The molecule has 0 amide bonds. The maximum atomic E-state index is 12.6. The lowest BCUT2D eigenvalue weighted by molar-refractivity contribution is -0.122. The summed E-state index contributed by atoms with van der Waals surface area (Å²) in [6, 6.07) is 0. The SMILES string of the molecule is CC(C)CCC(=O)C[C@H]1CCC2C3CC=C4CC(O)CCC4(C)C3CCC21C.CCC. The zero-order valence-corrected chi connectivity index (χ0v) is 21.4. The highest BCUT2D eigenvalue weighted by Gasteiger charge is 2.58. The molecular formula is C29H50O2. The van der Waals surface area contributed by atoms with Crippen molar-refractivity contribution in [1.29, 1.82) is 0 Å². The van der Waals surface area contributed by atoms with E-state index in [0.29, 0.717) is 28.4 Å². The molecule has 2 nitrogen and oxygen atoms in total. The van der Waals surface area contributed by atoms with E-state index in [2.05, 4.69) is 47.6 Å². The molecule has 0 heterocycles. The fourth-order valence-corrected chi connectivity index (χ4v) is 7.91. The van der Waals surface area contributed by atoms with Crippen LogP contribution >= 0.6 is 0 Å². The van der Waals surface area contributed by atoms with Crippen molar-refractivity contribution in [3.05, 3.63) is 11.6 Å². The van der Waals surface area contributed by atoms with Crippen LogP contribution in [0.5, 0.6) is 0 Å². The summed E-state index contributed by atoms with van der Waals surface area (Å²) in [6.07, 6.45) is 15.9. The van der Waals surface area contributed by atoms with Crippen LogP contribution in [0, 0.1) is 40.4 Å². The maximum Gasteiger partial charge on any atom is 0.133 e. The Morgan fingerprint density at radius 1 is 1.10 bits per heavy atom. The highest BCUT2D eigenvalue weighted by Crippen LogP contribution is 2.66. The maximum absolute atomic E-state index is 12.6. The largest absolute Gasteiger partial charge is 0.393 e. The molecule has 31 heavy (non-hydrogen) atoms. The first kappa shape index (κ1) is 25.0. The molecule has 3 fully saturated rings. The van der Waals surface area contributed by atoms with E-state index in [1.54, 1.807) is 5.57 Å². The Hall–Kier alpha value is -0.630. The predicted octanol–water partition coefficient (Wildman–Crippen LogP) is 7.74. The van der Waals surface area contributed by atoms with Crippen molar-refractivity contribution in [2.75, 3.05) is 0 Å². The Labute approximate surface area is 192 Å². The van der Waals surface area contributed by atoms with Gasteiger partial charge < -0.3 is 5.11 Å².